The van der Waals surface area contributed by atoms with Crippen molar-refractivity contribution >= 4 is 0 Å². The molecule has 1 aromatic carbocycles. The van der Waals surface area contributed by atoms with Crippen LogP contribution in [-0.4, -0.2) is 48.5 Å². The Morgan fingerprint density at radius 2 is 2.10 bits per heavy atom. The van der Waals surface area contributed by atoms with Gasteiger partial charge >= 0.3 is 0 Å². The summed E-state index contributed by atoms with van der Waals surface area (Å²) in [7, 11) is 0. The Labute approximate surface area is 127 Å². The highest BCUT2D eigenvalue weighted by Gasteiger charge is 2.28. The van der Waals surface area contributed by atoms with Crippen molar-refractivity contribution in [1.82, 2.24) is 4.90 Å². The molecule has 2 rings (SSSR count). The monoisotopic (exact) mass is 292 g/mol. The summed E-state index contributed by atoms with van der Waals surface area (Å²) in [5.41, 5.74) is 8.84. The lowest BCUT2D eigenvalue weighted by Gasteiger charge is -2.39. The van der Waals surface area contributed by atoms with Crippen LogP contribution in [0, 0.1) is 6.92 Å². The predicted molar refractivity (Wildman–Crippen MR) is 85.2 cm³/mol. The van der Waals surface area contributed by atoms with Crippen LogP contribution in [-0.2, 0) is 4.74 Å². The van der Waals surface area contributed by atoms with Gasteiger partial charge in [-0.15, -0.1) is 0 Å². The summed E-state index contributed by atoms with van der Waals surface area (Å²) in [5.74, 6) is 0. The number of aryl methyl sites for hydroxylation is 1. The van der Waals surface area contributed by atoms with Crippen molar-refractivity contribution < 1.29 is 9.84 Å². The number of nitrogens with two attached hydrogens (primary N) is 1. The minimum atomic E-state index is 0.0988. The first-order chi connectivity index (χ1) is 10.1. The quantitative estimate of drug-likeness (QED) is 0.840. The maximum Gasteiger partial charge on any atom is 0.0701 e. The number of aliphatic hydroxyl groups is 1. The van der Waals surface area contributed by atoms with E-state index in [-0.39, 0.29) is 24.8 Å². The van der Waals surface area contributed by atoms with Gasteiger partial charge in [0.15, 0.2) is 0 Å². The molecule has 0 amide bonds. The fourth-order valence-corrected chi connectivity index (χ4v) is 3.24. The molecule has 1 aliphatic rings. The molecule has 118 valence electrons. The second-order valence-corrected chi connectivity index (χ2v) is 6.05. The van der Waals surface area contributed by atoms with E-state index in [1.807, 2.05) is 0 Å². The molecule has 3 N–H and O–H groups in total. The largest absolute Gasteiger partial charge is 0.394 e. The lowest BCUT2D eigenvalue weighted by atomic mass is 9.95. The van der Waals surface area contributed by atoms with Crippen molar-refractivity contribution in [2.24, 2.45) is 5.73 Å². The molecular weight excluding hydrogens is 264 g/mol. The highest BCUT2D eigenvalue weighted by Crippen LogP contribution is 2.28. The van der Waals surface area contributed by atoms with Crippen LogP contribution in [0.15, 0.2) is 24.3 Å². The number of hydrogen-bond acceptors (Lipinski definition) is 4. The molecule has 1 aliphatic heterocycles. The fourth-order valence-electron chi connectivity index (χ4n) is 3.24. The van der Waals surface area contributed by atoms with E-state index in [9.17, 15) is 0 Å². The second kappa shape index (κ2) is 7.90. The van der Waals surface area contributed by atoms with E-state index >= 15 is 0 Å². The maximum absolute atomic E-state index is 8.83. The molecule has 0 saturated carbocycles. The molecule has 4 nitrogen and oxygen atoms in total. The van der Waals surface area contributed by atoms with E-state index in [2.05, 4.69) is 43.0 Å². The van der Waals surface area contributed by atoms with Crippen molar-refractivity contribution in [3.05, 3.63) is 35.4 Å². The van der Waals surface area contributed by atoms with Gasteiger partial charge in [-0.3, -0.25) is 4.90 Å². The van der Waals surface area contributed by atoms with E-state index in [1.54, 1.807) is 0 Å². The molecule has 1 heterocycles. The second-order valence-electron chi connectivity index (χ2n) is 6.05. The molecule has 2 atom stereocenters. The summed E-state index contributed by atoms with van der Waals surface area (Å²) in [6.07, 6.45) is 2.30. The predicted octanol–water partition coefficient (Wildman–Crippen LogP) is 1.86. The topological polar surface area (TPSA) is 58.7 Å². The number of benzene rings is 1. The summed E-state index contributed by atoms with van der Waals surface area (Å²) >= 11 is 0. The van der Waals surface area contributed by atoms with Crippen LogP contribution < -0.4 is 5.73 Å². The Balaban J connectivity index is 2.01. The Hall–Kier alpha value is -0.940. The molecule has 1 saturated heterocycles. The molecule has 1 aromatic rings. The summed E-state index contributed by atoms with van der Waals surface area (Å²) < 4.78 is 5.64. The Morgan fingerprint density at radius 3 is 2.67 bits per heavy atom. The molecule has 21 heavy (non-hydrogen) atoms. The first kappa shape index (κ1) is 16.4. The summed E-state index contributed by atoms with van der Waals surface area (Å²) in [6.45, 7) is 6.75. The molecule has 4 heteroatoms. The average Bonchev–Trinajstić information content (AvgIpc) is 2.46. The first-order valence-electron chi connectivity index (χ1n) is 7.90. The summed E-state index contributed by atoms with van der Waals surface area (Å²) in [6, 6.07) is 9.01. The Bertz CT molecular complexity index is 429. The van der Waals surface area contributed by atoms with Crippen molar-refractivity contribution in [2.45, 2.75) is 44.9 Å². The van der Waals surface area contributed by atoms with Gasteiger partial charge in [0.2, 0.25) is 0 Å². The third kappa shape index (κ3) is 4.51. The lowest BCUT2D eigenvalue weighted by molar-refractivity contribution is -0.0172. The minimum absolute atomic E-state index is 0.0988. The van der Waals surface area contributed by atoms with Crippen LogP contribution in [0.2, 0.25) is 0 Å². The van der Waals surface area contributed by atoms with E-state index in [1.165, 1.54) is 11.1 Å². The van der Waals surface area contributed by atoms with E-state index in [0.29, 0.717) is 6.61 Å². The van der Waals surface area contributed by atoms with Gasteiger partial charge in [-0.2, -0.15) is 0 Å². The molecule has 0 spiro atoms. The molecular formula is C17H28N2O2. The van der Waals surface area contributed by atoms with E-state index in [0.717, 1.165) is 25.9 Å². The maximum atomic E-state index is 8.83. The molecule has 1 fully saturated rings. The Kier molecular flexibility index (Phi) is 6.18. The molecule has 2 unspecified atom stereocenters. The molecule has 0 aromatic heterocycles. The summed E-state index contributed by atoms with van der Waals surface area (Å²) in [4.78, 5) is 2.47. The number of hydrogen-bond donors (Lipinski definition) is 2. The van der Waals surface area contributed by atoms with Crippen molar-refractivity contribution in [1.29, 1.82) is 0 Å². The summed E-state index contributed by atoms with van der Waals surface area (Å²) in [5, 5.41) is 8.83. The highest BCUT2D eigenvalue weighted by molar-refractivity contribution is 5.26. The first-order valence-corrected chi connectivity index (χ1v) is 7.90. The zero-order valence-corrected chi connectivity index (χ0v) is 13.2. The third-order valence-corrected chi connectivity index (χ3v) is 4.20. The molecule has 0 bridgehead atoms. The normalized spacial score (nSPS) is 20.4. The van der Waals surface area contributed by atoms with Crippen LogP contribution in [0.25, 0.3) is 0 Å². The van der Waals surface area contributed by atoms with Crippen molar-refractivity contribution in [2.75, 3.05) is 26.3 Å². The van der Waals surface area contributed by atoms with Crippen LogP contribution in [0.1, 0.15) is 36.9 Å². The zero-order valence-electron chi connectivity index (χ0n) is 13.2. The van der Waals surface area contributed by atoms with Gasteiger partial charge in [-0.1, -0.05) is 29.8 Å². The number of nitrogens with zero attached hydrogens (tertiary/aromatic N) is 1. The standard InChI is InChI=1S/C17H28N2O2/c1-13-4-3-5-15(12-13)17(14(2)18)19-8-6-16(7-9-19)21-11-10-20/h3-5,12,14,16-17,20H,6-11,18H2,1-2H3. The highest BCUT2D eigenvalue weighted by atomic mass is 16.5. The SMILES string of the molecule is Cc1cccc(C(C(C)N)N2CCC(OCCO)CC2)c1. The molecule has 0 aliphatic carbocycles. The number of ether oxygens (including phenoxy) is 1. The van der Waals surface area contributed by atoms with Gasteiger partial charge in [-0.05, 0) is 32.3 Å². The average molecular weight is 292 g/mol. The van der Waals surface area contributed by atoms with Crippen molar-refractivity contribution in [3.63, 3.8) is 0 Å². The van der Waals surface area contributed by atoms with E-state index < -0.39 is 0 Å². The fraction of sp³-hybridized carbons (Fsp3) is 0.647. The lowest BCUT2D eigenvalue weighted by Crippen LogP contribution is -2.45. The number of piperidine rings is 1. The smallest absolute Gasteiger partial charge is 0.0701 e. The van der Waals surface area contributed by atoms with Gasteiger partial charge in [0.05, 0.1) is 19.3 Å². The van der Waals surface area contributed by atoms with Gasteiger partial charge in [0.25, 0.3) is 0 Å². The van der Waals surface area contributed by atoms with Gasteiger partial charge < -0.3 is 15.6 Å². The van der Waals surface area contributed by atoms with Gasteiger partial charge in [-0.25, -0.2) is 0 Å². The van der Waals surface area contributed by atoms with Crippen LogP contribution in [0.3, 0.4) is 0 Å². The molecule has 0 radical (unpaired) electrons. The van der Waals surface area contributed by atoms with Crippen LogP contribution in [0.5, 0.6) is 0 Å². The number of likely N-dealkylation sites (tertiary alicyclic amines) is 1. The minimum Gasteiger partial charge on any atom is -0.394 e. The third-order valence-electron chi connectivity index (χ3n) is 4.20. The Morgan fingerprint density at radius 1 is 1.38 bits per heavy atom. The zero-order chi connectivity index (χ0) is 15.2. The van der Waals surface area contributed by atoms with Crippen LogP contribution in [0.4, 0.5) is 0 Å². The number of rotatable bonds is 6. The van der Waals surface area contributed by atoms with Gasteiger partial charge in [0, 0.05) is 25.2 Å². The van der Waals surface area contributed by atoms with Crippen molar-refractivity contribution in [3.8, 4) is 0 Å². The van der Waals surface area contributed by atoms with Crippen LogP contribution >= 0.6 is 0 Å². The number of aliphatic hydroxyl groups excluding tert-OH is 1. The van der Waals surface area contributed by atoms with E-state index in [4.69, 9.17) is 15.6 Å². The van der Waals surface area contributed by atoms with Gasteiger partial charge in [0.1, 0.15) is 0 Å².